The Morgan fingerprint density at radius 1 is 1.15 bits per heavy atom. The normalized spacial score (nSPS) is 10.6. The molecule has 0 fully saturated rings. The summed E-state index contributed by atoms with van der Waals surface area (Å²) in [4.78, 5) is 23.7. The molecule has 0 bridgehead atoms. The molecule has 0 aliphatic rings. The summed E-state index contributed by atoms with van der Waals surface area (Å²) in [6.07, 6.45) is 0. The zero-order chi connectivity index (χ0) is 14.7. The molecule has 2 rings (SSSR count). The van der Waals surface area contributed by atoms with Crippen molar-refractivity contribution in [2.24, 2.45) is 0 Å². The summed E-state index contributed by atoms with van der Waals surface area (Å²) >= 11 is 0. The highest BCUT2D eigenvalue weighted by Crippen LogP contribution is 2.10. The van der Waals surface area contributed by atoms with Crippen LogP contribution in [-0.4, -0.2) is 15.7 Å². The number of anilines is 1. The van der Waals surface area contributed by atoms with E-state index in [0.29, 0.717) is 5.69 Å². The number of aryl methyl sites for hydroxylation is 1. The highest BCUT2D eigenvalue weighted by molar-refractivity contribution is 6.02. The van der Waals surface area contributed by atoms with Crippen LogP contribution in [0.2, 0.25) is 0 Å². The maximum absolute atomic E-state index is 12.1. The minimum Gasteiger partial charge on any atom is -0.321 e. The van der Waals surface area contributed by atoms with Gasteiger partial charge in [0, 0.05) is 11.8 Å². The molecule has 1 N–H and O–H groups in total. The predicted molar refractivity (Wildman–Crippen MR) is 78.0 cm³/mol. The second-order valence-electron chi connectivity index (χ2n) is 4.92. The monoisotopic (exact) mass is 271 g/mol. The zero-order valence-corrected chi connectivity index (χ0v) is 11.8. The molecule has 0 spiro atoms. The van der Waals surface area contributed by atoms with Gasteiger partial charge in [-0.05, 0) is 39.0 Å². The Morgan fingerprint density at radius 2 is 1.80 bits per heavy atom. The standard InChI is InChI=1S/C15H17N3O2/c1-10(2)18-14(19)9-8-13(17-18)15(20)16-12-6-4-11(3)5-7-12/h4-10H,1-3H3,(H,16,20). The first-order valence-electron chi connectivity index (χ1n) is 6.45. The molecule has 5 nitrogen and oxygen atoms in total. The van der Waals surface area contributed by atoms with Gasteiger partial charge in [0.05, 0.1) is 6.04 Å². The van der Waals surface area contributed by atoms with Crippen LogP contribution in [0.4, 0.5) is 5.69 Å². The van der Waals surface area contributed by atoms with Crippen molar-refractivity contribution in [1.29, 1.82) is 0 Å². The van der Waals surface area contributed by atoms with E-state index in [1.165, 1.54) is 16.8 Å². The van der Waals surface area contributed by atoms with Crippen LogP contribution >= 0.6 is 0 Å². The van der Waals surface area contributed by atoms with Gasteiger partial charge in [-0.15, -0.1) is 0 Å². The lowest BCUT2D eigenvalue weighted by Gasteiger charge is -2.10. The number of rotatable bonds is 3. The van der Waals surface area contributed by atoms with Crippen LogP contribution in [0.1, 0.15) is 35.9 Å². The van der Waals surface area contributed by atoms with Gasteiger partial charge in [0.25, 0.3) is 11.5 Å². The van der Waals surface area contributed by atoms with E-state index in [-0.39, 0.29) is 23.2 Å². The summed E-state index contributed by atoms with van der Waals surface area (Å²) in [5.41, 5.74) is 1.82. The van der Waals surface area contributed by atoms with E-state index in [1.807, 2.05) is 45.0 Å². The number of nitrogens with zero attached hydrogens (tertiary/aromatic N) is 2. The molecule has 1 aromatic carbocycles. The summed E-state index contributed by atoms with van der Waals surface area (Å²) in [5.74, 6) is -0.330. The van der Waals surface area contributed by atoms with E-state index in [9.17, 15) is 9.59 Å². The van der Waals surface area contributed by atoms with Crippen LogP contribution in [-0.2, 0) is 0 Å². The van der Waals surface area contributed by atoms with E-state index in [2.05, 4.69) is 10.4 Å². The number of hydrogen-bond donors (Lipinski definition) is 1. The maximum Gasteiger partial charge on any atom is 0.276 e. The number of carbonyl (C=O) groups excluding carboxylic acids is 1. The number of aromatic nitrogens is 2. The molecule has 0 saturated heterocycles. The minimum atomic E-state index is -0.330. The largest absolute Gasteiger partial charge is 0.321 e. The molecule has 0 saturated carbocycles. The van der Waals surface area contributed by atoms with Gasteiger partial charge in [-0.3, -0.25) is 9.59 Å². The third-order valence-corrected chi connectivity index (χ3v) is 2.86. The first-order valence-corrected chi connectivity index (χ1v) is 6.45. The van der Waals surface area contributed by atoms with Crippen molar-refractivity contribution in [2.45, 2.75) is 26.8 Å². The SMILES string of the molecule is Cc1ccc(NC(=O)c2ccc(=O)n(C(C)C)n2)cc1. The topological polar surface area (TPSA) is 64.0 Å². The summed E-state index contributed by atoms with van der Waals surface area (Å²) in [5, 5.41) is 6.83. The van der Waals surface area contributed by atoms with E-state index in [4.69, 9.17) is 0 Å². The van der Waals surface area contributed by atoms with Crippen molar-refractivity contribution in [2.75, 3.05) is 5.32 Å². The van der Waals surface area contributed by atoms with Crippen LogP contribution in [0.5, 0.6) is 0 Å². The van der Waals surface area contributed by atoms with Gasteiger partial charge < -0.3 is 5.32 Å². The first kappa shape index (κ1) is 14.0. The summed E-state index contributed by atoms with van der Waals surface area (Å²) < 4.78 is 1.30. The third-order valence-electron chi connectivity index (χ3n) is 2.86. The lowest BCUT2D eigenvalue weighted by atomic mass is 10.2. The first-order chi connectivity index (χ1) is 9.47. The Kier molecular flexibility index (Phi) is 3.98. The van der Waals surface area contributed by atoms with Gasteiger partial charge in [0.1, 0.15) is 5.69 Å². The van der Waals surface area contributed by atoms with Crippen LogP contribution in [0.3, 0.4) is 0 Å². The summed E-state index contributed by atoms with van der Waals surface area (Å²) in [7, 11) is 0. The Labute approximate surface area is 117 Å². The summed E-state index contributed by atoms with van der Waals surface area (Å²) in [6.45, 7) is 5.66. The zero-order valence-electron chi connectivity index (χ0n) is 11.8. The molecule has 0 unspecified atom stereocenters. The Bertz CT molecular complexity index is 672. The number of benzene rings is 1. The molecule has 5 heteroatoms. The predicted octanol–water partition coefficient (Wildman–Crippen LogP) is 2.38. The molecular weight excluding hydrogens is 254 g/mol. The molecule has 0 atom stereocenters. The molecule has 2 aromatic rings. The average Bonchev–Trinajstić information content (AvgIpc) is 2.41. The number of hydrogen-bond acceptors (Lipinski definition) is 3. The van der Waals surface area contributed by atoms with E-state index >= 15 is 0 Å². The van der Waals surface area contributed by atoms with Crippen LogP contribution in [0.15, 0.2) is 41.2 Å². The van der Waals surface area contributed by atoms with E-state index in [1.54, 1.807) is 0 Å². The molecule has 20 heavy (non-hydrogen) atoms. The minimum absolute atomic E-state index is 0.0883. The Balaban J connectivity index is 2.23. The average molecular weight is 271 g/mol. The molecule has 1 aromatic heterocycles. The fourth-order valence-corrected chi connectivity index (χ4v) is 1.75. The molecule has 0 aliphatic carbocycles. The van der Waals surface area contributed by atoms with Gasteiger partial charge in [-0.1, -0.05) is 17.7 Å². The fraction of sp³-hybridized carbons (Fsp3) is 0.267. The molecule has 0 radical (unpaired) electrons. The van der Waals surface area contributed by atoms with Gasteiger partial charge in [-0.2, -0.15) is 5.10 Å². The molecule has 1 amide bonds. The molecule has 1 heterocycles. The van der Waals surface area contributed by atoms with Crippen molar-refractivity contribution in [3.05, 3.63) is 58.0 Å². The molecule has 104 valence electrons. The quantitative estimate of drug-likeness (QED) is 0.932. The van der Waals surface area contributed by atoms with Gasteiger partial charge >= 0.3 is 0 Å². The Morgan fingerprint density at radius 3 is 2.40 bits per heavy atom. The highest BCUT2D eigenvalue weighted by atomic mass is 16.2. The number of amides is 1. The number of carbonyl (C=O) groups is 1. The van der Waals surface area contributed by atoms with Gasteiger partial charge in [0.15, 0.2) is 0 Å². The van der Waals surface area contributed by atoms with Crippen molar-refractivity contribution >= 4 is 11.6 Å². The van der Waals surface area contributed by atoms with E-state index in [0.717, 1.165) is 5.56 Å². The van der Waals surface area contributed by atoms with Crippen LogP contribution in [0, 0.1) is 6.92 Å². The lowest BCUT2D eigenvalue weighted by Crippen LogP contribution is -2.27. The van der Waals surface area contributed by atoms with Gasteiger partial charge in [-0.25, -0.2) is 4.68 Å². The van der Waals surface area contributed by atoms with E-state index < -0.39 is 0 Å². The van der Waals surface area contributed by atoms with Crippen molar-refractivity contribution in [1.82, 2.24) is 9.78 Å². The van der Waals surface area contributed by atoms with Crippen LogP contribution in [0.25, 0.3) is 0 Å². The number of nitrogens with one attached hydrogen (secondary N) is 1. The molecule has 0 aliphatic heterocycles. The maximum atomic E-state index is 12.1. The summed E-state index contributed by atoms with van der Waals surface area (Å²) in [6, 6.07) is 10.2. The molecular formula is C15H17N3O2. The smallest absolute Gasteiger partial charge is 0.276 e. The van der Waals surface area contributed by atoms with Crippen molar-refractivity contribution in [3.63, 3.8) is 0 Å². The van der Waals surface area contributed by atoms with Crippen LogP contribution < -0.4 is 10.9 Å². The fourth-order valence-electron chi connectivity index (χ4n) is 1.75. The van der Waals surface area contributed by atoms with Gasteiger partial charge in [0.2, 0.25) is 0 Å². The second kappa shape index (κ2) is 5.69. The highest BCUT2D eigenvalue weighted by Gasteiger charge is 2.11. The lowest BCUT2D eigenvalue weighted by molar-refractivity contribution is 0.101. The Hall–Kier alpha value is -2.43. The van der Waals surface area contributed by atoms with Crippen molar-refractivity contribution in [3.8, 4) is 0 Å². The third kappa shape index (κ3) is 3.12. The second-order valence-corrected chi connectivity index (χ2v) is 4.92. The van der Waals surface area contributed by atoms with Crippen molar-refractivity contribution < 1.29 is 4.79 Å².